The molecular formula is C62H117O11P. The Morgan fingerprint density at radius 1 is 0.378 bits per heavy atom. The molecule has 11 nitrogen and oxygen atoms in total. The summed E-state index contributed by atoms with van der Waals surface area (Å²) in [5, 5.41) is 9.83. The van der Waals surface area contributed by atoms with Crippen molar-refractivity contribution >= 4 is 25.7 Å². The quantitative estimate of drug-likeness (QED) is 0.0197. The van der Waals surface area contributed by atoms with Crippen molar-refractivity contribution in [1.82, 2.24) is 0 Å². The molecule has 0 spiro atoms. The number of allylic oxidation sites excluding steroid dienone is 4. The van der Waals surface area contributed by atoms with E-state index in [1.807, 2.05) is 0 Å². The van der Waals surface area contributed by atoms with E-state index in [0.29, 0.717) is 19.3 Å². The summed E-state index contributed by atoms with van der Waals surface area (Å²) in [6, 6.07) is 0. The number of aliphatic hydroxyl groups excluding tert-OH is 1. The molecule has 0 radical (unpaired) electrons. The molecule has 0 bridgehead atoms. The van der Waals surface area contributed by atoms with Gasteiger partial charge in [0.25, 0.3) is 0 Å². The zero-order chi connectivity index (χ0) is 54.1. The molecular weight excluding hydrogens is 952 g/mol. The zero-order valence-corrected chi connectivity index (χ0v) is 49.2. The lowest BCUT2D eigenvalue weighted by Crippen LogP contribution is -2.30. The summed E-state index contributed by atoms with van der Waals surface area (Å²) in [5.74, 6) is -1.44. The number of phosphoric ester groups is 1. The summed E-state index contributed by atoms with van der Waals surface area (Å²) in [6.45, 7) is 4.68. The highest BCUT2D eigenvalue weighted by Gasteiger charge is 2.28. The van der Waals surface area contributed by atoms with Gasteiger partial charge in [-0.2, -0.15) is 0 Å². The fraction of sp³-hybridized carbons (Fsp3) is 0.887. The second-order valence-corrected chi connectivity index (χ2v) is 22.7. The van der Waals surface area contributed by atoms with E-state index < -0.39 is 57.8 Å². The van der Waals surface area contributed by atoms with Gasteiger partial charge in [-0.15, -0.1) is 0 Å². The standard InChI is InChI=1S/C62H117O11P/c1-4-7-10-13-16-19-22-25-27-28-29-30-32-35-38-41-44-47-50-53-62(66)73-59(55-69-60(64)51-48-45-42-39-36-33-24-21-18-15-12-9-6-3)57-71-74(67,68)70-56-58(54-63)72-61(65)52-49-46-43-40-37-34-31-26-23-20-17-14-11-8-5-2/h16,19,25,27,58-59,63H,4-15,17-18,20-24,26,28-57H2,1-3H3,(H,67,68)/b19-16-,27-25-. The highest BCUT2D eigenvalue weighted by Crippen LogP contribution is 2.43. The van der Waals surface area contributed by atoms with Gasteiger partial charge in [0, 0.05) is 19.3 Å². The smallest absolute Gasteiger partial charge is 0.462 e. The Morgan fingerprint density at radius 3 is 1.03 bits per heavy atom. The third kappa shape index (κ3) is 54.7. The Morgan fingerprint density at radius 2 is 0.662 bits per heavy atom. The predicted molar refractivity (Wildman–Crippen MR) is 307 cm³/mol. The molecule has 0 saturated heterocycles. The SMILES string of the molecule is CCCCC/C=C\C/C=C\CCCCCCCCCCCC(=O)OC(COC(=O)CCCCCCCCCCCCCCC)COP(=O)(O)OCC(CO)OC(=O)CCCCCCCCCCCCCCCCC. The van der Waals surface area contributed by atoms with Crippen molar-refractivity contribution in [3.05, 3.63) is 24.3 Å². The average molecular weight is 1070 g/mol. The minimum absolute atomic E-state index is 0.168. The predicted octanol–water partition coefficient (Wildman–Crippen LogP) is 18.6. The van der Waals surface area contributed by atoms with Gasteiger partial charge in [-0.3, -0.25) is 23.4 Å². The van der Waals surface area contributed by atoms with E-state index in [9.17, 15) is 28.9 Å². The summed E-state index contributed by atoms with van der Waals surface area (Å²) in [6.07, 6.45) is 58.4. The van der Waals surface area contributed by atoms with Crippen LogP contribution in [0.5, 0.6) is 0 Å². The summed E-state index contributed by atoms with van der Waals surface area (Å²) in [7, 11) is -4.74. The van der Waals surface area contributed by atoms with Crippen LogP contribution in [-0.4, -0.2) is 66.5 Å². The molecule has 3 atom stereocenters. The van der Waals surface area contributed by atoms with Crippen LogP contribution in [0, 0.1) is 0 Å². The van der Waals surface area contributed by atoms with Crippen molar-refractivity contribution in [1.29, 1.82) is 0 Å². The van der Waals surface area contributed by atoms with E-state index in [0.717, 1.165) is 70.6 Å². The largest absolute Gasteiger partial charge is 0.472 e. The number of carbonyl (C=O) groups excluding carboxylic acids is 3. The van der Waals surface area contributed by atoms with Crippen LogP contribution in [0.15, 0.2) is 24.3 Å². The third-order valence-corrected chi connectivity index (χ3v) is 14.8. The summed E-state index contributed by atoms with van der Waals surface area (Å²) >= 11 is 0. The average Bonchev–Trinajstić information content (AvgIpc) is 3.39. The van der Waals surface area contributed by atoms with Gasteiger partial charge in [0.2, 0.25) is 0 Å². The van der Waals surface area contributed by atoms with Crippen LogP contribution in [0.25, 0.3) is 0 Å². The minimum Gasteiger partial charge on any atom is -0.462 e. The van der Waals surface area contributed by atoms with E-state index in [1.165, 1.54) is 186 Å². The molecule has 0 fully saturated rings. The molecule has 0 saturated carbocycles. The van der Waals surface area contributed by atoms with Crippen LogP contribution in [0.2, 0.25) is 0 Å². The maximum atomic E-state index is 12.9. The number of esters is 3. The molecule has 0 rings (SSSR count). The monoisotopic (exact) mass is 1070 g/mol. The molecule has 3 unspecified atom stereocenters. The van der Waals surface area contributed by atoms with Gasteiger partial charge in [-0.25, -0.2) is 4.57 Å². The maximum Gasteiger partial charge on any atom is 0.472 e. The number of hydrogen-bond donors (Lipinski definition) is 2. The molecule has 0 aromatic heterocycles. The molecule has 0 aromatic rings. The van der Waals surface area contributed by atoms with Crippen LogP contribution in [0.1, 0.15) is 316 Å². The van der Waals surface area contributed by atoms with Crippen molar-refractivity contribution in [3.63, 3.8) is 0 Å². The lowest BCUT2D eigenvalue weighted by molar-refractivity contribution is -0.161. The molecule has 0 heterocycles. The lowest BCUT2D eigenvalue weighted by atomic mass is 10.0. The fourth-order valence-electron chi connectivity index (χ4n) is 9.10. The van der Waals surface area contributed by atoms with Gasteiger partial charge in [-0.05, 0) is 51.4 Å². The maximum absolute atomic E-state index is 12.9. The summed E-state index contributed by atoms with van der Waals surface area (Å²) in [4.78, 5) is 48.6. The number of hydrogen-bond acceptors (Lipinski definition) is 10. The Kier molecular flexibility index (Phi) is 55.6. The molecule has 74 heavy (non-hydrogen) atoms. The van der Waals surface area contributed by atoms with Gasteiger partial charge < -0.3 is 24.2 Å². The van der Waals surface area contributed by atoms with E-state index in [-0.39, 0.29) is 25.9 Å². The Bertz CT molecular complexity index is 1340. The second kappa shape index (κ2) is 57.1. The lowest BCUT2D eigenvalue weighted by Gasteiger charge is -2.21. The molecule has 0 aliphatic heterocycles. The molecule has 2 N–H and O–H groups in total. The van der Waals surface area contributed by atoms with Crippen molar-refractivity contribution in [2.75, 3.05) is 26.4 Å². The highest BCUT2D eigenvalue weighted by molar-refractivity contribution is 7.47. The molecule has 436 valence electrons. The molecule has 0 amide bonds. The normalized spacial score (nSPS) is 13.4. The molecule has 12 heteroatoms. The van der Waals surface area contributed by atoms with Gasteiger partial charge in [0.1, 0.15) is 12.7 Å². The number of rotatable bonds is 59. The fourth-order valence-corrected chi connectivity index (χ4v) is 9.88. The van der Waals surface area contributed by atoms with E-state index in [4.69, 9.17) is 23.3 Å². The zero-order valence-electron chi connectivity index (χ0n) is 48.3. The Hall–Kier alpha value is -2.04. The first-order valence-corrected chi connectivity index (χ1v) is 32.7. The van der Waals surface area contributed by atoms with E-state index >= 15 is 0 Å². The number of carbonyl (C=O) groups is 3. The second-order valence-electron chi connectivity index (χ2n) is 21.2. The van der Waals surface area contributed by atoms with Crippen molar-refractivity contribution in [2.45, 2.75) is 328 Å². The van der Waals surface area contributed by atoms with Gasteiger partial charge in [0.05, 0.1) is 19.8 Å². The number of phosphoric acid groups is 1. The van der Waals surface area contributed by atoms with E-state index in [1.54, 1.807) is 0 Å². The van der Waals surface area contributed by atoms with Crippen LogP contribution < -0.4 is 0 Å². The minimum atomic E-state index is -4.74. The molecule has 0 aromatic carbocycles. The van der Waals surface area contributed by atoms with Crippen LogP contribution in [-0.2, 0) is 42.2 Å². The van der Waals surface area contributed by atoms with Crippen LogP contribution >= 0.6 is 7.82 Å². The number of aliphatic hydroxyl groups is 1. The first kappa shape index (κ1) is 72.0. The van der Waals surface area contributed by atoms with Crippen molar-refractivity contribution in [3.8, 4) is 0 Å². The number of ether oxygens (including phenoxy) is 3. The van der Waals surface area contributed by atoms with Crippen molar-refractivity contribution in [2.24, 2.45) is 0 Å². The summed E-state index contributed by atoms with van der Waals surface area (Å²) in [5.41, 5.74) is 0. The first-order valence-electron chi connectivity index (χ1n) is 31.2. The van der Waals surface area contributed by atoms with Crippen LogP contribution in [0.4, 0.5) is 0 Å². The van der Waals surface area contributed by atoms with Crippen LogP contribution in [0.3, 0.4) is 0 Å². The third-order valence-electron chi connectivity index (χ3n) is 13.9. The topological polar surface area (TPSA) is 155 Å². The molecule has 0 aliphatic rings. The highest BCUT2D eigenvalue weighted by atomic mass is 31.2. The number of unbranched alkanes of at least 4 members (excludes halogenated alkanes) is 38. The Labute approximate surface area is 455 Å². The van der Waals surface area contributed by atoms with Gasteiger partial charge >= 0.3 is 25.7 Å². The molecule has 0 aliphatic carbocycles. The summed E-state index contributed by atoms with van der Waals surface area (Å²) < 4.78 is 39.6. The van der Waals surface area contributed by atoms with Gasteiger partial charge in [-0.1, -0.05) is 270 Å². The Balaban J connectivity index is 4.65. The van der Waals surface area contributed by atoms with E-state index in [2.05, 4.69) is 45.1 Å². The first-order chi connectivity index (χ1) is 36.2. The van der Waals surface area contributed by atoms with Crippen molar-refractivity contribution < 1.29 is 52.2 Å². The van der Waals surface area contributed by atoms with Gasteiger partial charge in [0.15, 0.2) is 6.10 Å².